The molecule has 2 rings (SSSR count). The fourth-order valence-corrected chi connectivity index (χ4v) is 2.75. The van der Waals surface area contributed by atoms with Crippen molar-refractivity contribution in [2.24, 2.45) is 0 Å². The molecule has 25 heavy (non-hydrogen) atoms. The molecule has 0 spiro atoms. The molecule has 0 saturated heterocycles. The summed E-state index contributed by atoms with van der Waals surface area (Å²) >= 11 is 1.16. The normalized spacial score (nSPS) is 10.5. The fourth-order valence-electron chi connectivity index (χ4n) is 1.98. The third-order valence-electron chi connectivity index (χ3n) is 3.17. The second kappa shape index (κ2) is 9.80. The molecule has 0 aliphatic carbocycles. The largest absolute Gasteiger partial charge is 0.383 e. The van der Waals surface area contributed by atoms with E-state index in [0.29, 0.717) is 43.1 Å². The zero-order valence-electron chi connectivity index (χ0n) is 13.8. The molecule has 7 nitrogen and oxygen atoms in total. The van der Waals surface area contributed by atoms with Crippen LogP contribution in [0.15, 0.2) is 24.3 Å². The van der Waals surface area contributed by atoms with Gasteiger partial charge in [-0.05, 0) is 24.6 Å². The molecule has 1 heterocycles. The monoisotopic (exact) mass is 366 g/mol. The minimum atomic E-state index is -0.438. The van der Waals surface area contributed by atoms with Crippen LogP contribution in [0.2, 0.25) is 0 Å². The fraction of sp³-hybridized carbons (Fsp3) is 0.375. The summed E-state index contributed by atoms with van der Waals surface area (Å²) in [5, 5.41) is 14.0. The highest BCUT2D eigenvalue weighted by Crippen LogP contribution is 2.15. The Morgan fingerprint density at radius 1 is 1.32 bits per heavy atom. The van der Waals surface area contributed by atoms with E-state index in [1.807, 2.05) is 0 Å². The van der Waals surface area contributed by atoms with Gasteiger partial charge in [0.25, 0.3) is 5.91 Å². The molecule has 0 atom stereocenters. The van der Waals surface area contributed by atoms with Gasteiger partial charge < -0.3 is 15.4 Å². The van der Waals surface area contributed by atoms with Crippen molar-refractivity contribution < 1.29 is 18.7 Å². The van der Waals surface area contributed by atoms with Crippen LogP contribution in [-0.4, -0.2) is 42.3 Å². The molecule has 2 amide bonds. The summed E-state index contributed by atoms with van der Waals surface area (Å²) in [5.74, 6) is -0.920. The van der Waals surface area contributed by atoms with Gasteiger partial charge in [0, 0.05) is 32.2 Å². The Labute approximate surface area is 148 Å². The number of halogens is 1. The van der Waals surface area contributed by atoms with E-state index >= 15 is 0 Å². The van der Waals surface area contributed by atoms with E-state index in [2.05, 4.69) is 20.8 Å². The highest BCUT2D eigenvalue weighted by Gasteiger charge is 2.13. The van der Waals surface area contributed by atoms with Gasteiger partial charge in [-0.2, -0.15) is 0 Å². The number of methoxy groups -OCH3 is 1. The number of nitrogens with one attached hydrogen (secondary N) is 2. The predicted octanol–water partition coefficient (Wildman–Crippen LogP) is 2.01. The van der Waals surface area contributed by atoms with Crippen LogP contribution in [0.4, 0.5) is 10.1 Å². The van der Waals surface area contributed by atoms with Gasteiger partial charge in [-0.15, -0.1) is 10.2 Å². The van der Waals surface area contributed by atoms with E-state index in [0.717, 1.165) is 11.3 Å². The number of hydrogen-bond donors (Lipinski definition) is 2. The van der Waals surface area contributed by atoms with E-state index in [9.17, 15) is 14.0 Å². The van der Waals surface area contributed by atoms with Gasteiger partial charge in [0.15, 0.2) is 0 Å². The Kier molecular flexibility index (Phi) is 7.42. The molecule has 2 N–H and O–H groups in total. The van der Waals surface area contributed by atoms with Gasteiger partial charge in [-0.1, -0.05) is 17.4 Å². The van der Waals surface area contributed by atoms with Crippen LogP contribution in [0.5, 0.6) is 0 Å². The number of aromatic nitrogens is 2. The second-order valence-electron chi connectivity index (χ2n) is 5.16. The number of hydrogen-bond acceptors (Lipinski definition) is 6. The van der Waals surface area contributed by atoms with E-state index in [1.165, 1.54) is 18.2 Å². The van der Waals surface area contributed by atoms with Crippen molar-refractivity contribution in [3.05, 3.63) is 40.1 Å². The average Bonchev–Trinajstić information content (AvgIpc) is 3.04. The SMILES string of the molecule is COCCNC(=O)CCCc1nnc(C(=O)Nc2cccc(F)c2)s1. The van der Waals surface area contributed by atoms with Crippen molar-refractivity contribution in [1.82, 2.24) is 15.5 Å². The van der Waals surface area contributed by atoms with Crippen molar-refractivity contribution in [3.8, 4) is 0 Å². The first-order valence-electron chi connectivity index (χ1n) is 7.73. The van der Waals surface area contributed by atoms with E-state index in [4.69, 9.17) is 4.74 Å². The molecule has 0 bridgehead atoms. The molecule has 1 aromatic heterocycles. The lowest BCUT2D eigenvalue weighted by molar-refractivity contribution is -0.121. The second-order valence-corrected chi connectivity index (χ2v) is 6.22. The Morgan fingerprint density at radius 3 is 2.92 bits per heavy atom. The summed E-state index contributed by atoms with van der Waals surface area (Å²) in [6, 6.07) is 5.62. The number of amides is 2. The van der Waals surface area contributed by atoms with Gasteiger partial charge in [0.2, 0.25) is 10.9 Å². The van der Waals surface area contributed by atoms with Crippen LogP contribution < -0.4 is 10.6 Å². The van der Waals surface area contributed by atoms with Gasteiger partial charge in [0.1, 0.15) is 10.8 Å². The van der Waals surface area contributed by atoms with Crippen molar-refractivity contribution >= 4 is 28.8 Å². The summed E-state index contributed by atoms with van der Waals surface area (Å²) < 4.78 is 18.0. The van der Waals surface area contributed by atoms with Crippen LogP contribution in [-0.2, 0) is 16.0 Å². The quantitative estimate of drug-likeness (QED) is 0.662. The molecule has 0 saturated carbocycles. The third kappa shape index (κ3) is 6.55. The minimum Gasteiger partial charge on any atom is -0.383 e. The van der Waals surface area contributed by atoms with E-state index < -0.39 is 11.7 Å². The summed E-state index contributed by atoms with van der Waals surface area (Å²) in [5.41, 5.74) is 0.356. The number of nitrogens with zero attached hydrogens (tertiary/aromatic N) is 2. The molecule has 2 aromatic rings. The van der Waals surface area contributed by atoms with Gasteiger partial charge >= 0.3 is 0 Å². The average molecular weight is 366 g/mol. The number of ether oxygens (including phenoxy) is 1. The first-order valence-corrected chi connectivity index (χ1v) is 8.55. The lowest BCUT2D eigenvalue weighted by Gasteiger charge is -2.03. The maximum absolute atomic E-state index is 13.1. The van der Waals surface area contributed by atoms with Crippen LogP contribution in [0.3, 0.4) is 0 Å². The number of rotatable bonds is 9. The zero-order chi connectivity index (χ0) is 18.1. The Morgan fingerprint density at radius 2 is 2.16 bits per heavy atom. The highest BCUT2D eigenvalue weighted by atomic mass is 32.1. The maximum Gasteiger partial charge on any atom is 0.286 e. The van der Waals surface area contributed by atoms with E-state index in [1.54, 1.807) is 13.2 Å². The first-order chi connectivity index (χ1) is 12.1. The first kappa shape index (κ1) is 18.9. The molecule has 9 heteroatoms. The number of aryl methyl sites for hydroxylation is 1. The topological polar surface area (TPSA) is 93.2 Å². The molecule has 0 aliphatic rings. The van der Waals surface area contributed by atoms with Gasteiger partial charge in [0.05, 0.1) is 6.61 Å². The lowest BCUT2D eigenvalue weighted by atomic mass is 10.2. The number of carbonyl (C=O) groups is 2. The van der Waals surface area contributed by atoms with Crippen molar-refractivity contribution in [2.45, 2.75) is 19.3 Å². The summed E-state index contributed by atoms with van der Waals surface area (Å²) in [7, 11) is 1.57. The molecule has 0 fully saturated rings. The minimum absolute atomic E-state index is 0.0503. The number of benzene rings is 1. The zero-order valence-corrected chi connectivity index (χ0v) is 14.6. The van der Waals surface area contributed by atoms with Crippen molar-refractivity contribution in [1.29, 1.82) is 0 Å². The van der Waals surface area contributed by atoms with Crippen LogP contribution in [0, 0.1) is 5.82 Å². The van der Waals surface area contributed by atoms with Crippen molar-refractivity contribution in [3.63, 3.8) is 0 Å². The molecular weight excluding hydrogens is 347 g/mol. The van der Waals surface area contributed by atoms with Crippen LogP contribution >= 0.6 is 11.3 Å². The summed E-state index contributed by atoms with van der Waals surface area (Å²) in [6.45, 7) is 0.963. The molecular formula is C16H19FN4O3S. The molecule has 0 unspecified atom stereocenters. The van der Waals surface area contributed by atoms with Crippen molar-refractivity contribution in [2.75, 3.05) is 25.6 Å². The third-order valence-corrected chi connectivity index (χ3v) is 4.15. The lowest BCUT2D eigenvalue weighted by Crippen LogP contribution is -2.26. The maximum atomic E-state index is 13.1. The number of carbonyl (C=O) groups excluding carboxylic acids is 2. The summed E-state index contributed by atoms with van der Waals surface area (Å²) in [4.78, 5) is 23.6. The van der Waals surface area contributed by atoms with Crippen LogP contribution in [0.1, 0.15) is 27.7 Å². The van der Waals surface area contributed by atoms with Crippen LogP contribution in [0.25, 0.3) is 0 Å². The Bertz CT molecular complexity index is 723. The Hall–Kier alpha value is -2.39. The van der Waals surface area contributed by atoms with E-state index in [-0.39, 0.29) is 10.9 Å². The molecule has 0 aliphatic heterocycles. The standard InChI is InChI=1S/C16H19FN4O3S/c1-24-9-8-18-13(22)6-3-7-14-20-21-16(25-14)15(23)19-12-5-2-4-11(17)10-12/h2,4-5,10H,3,6-9H2,1H3,(H,18,22)(H,19,23). The molecule has 1 aromatic carbocycles. The highest BCUT2D eigenvalue weighted by molar-refractivity contribution is 7.13. The predicted molar refractivity (Wildman–Crippen MR) is 92.1 cm³/mol. The van der Waals surface area contributed by atoms with Gasteiger partial charge in [-0.25, -0.2) is 4.39 Å². The molecule has 0 radical (unpaired) electrons. The van der Waals surface area contributed by atoms with Gasteiger partial charge in [-0.3, -0.25) is 9.59 Å². The number of anilines is 1. The summed E-state index contributed by atoms with van der Waals surface area (Å²) in [6.07, 6.45) is 1.54. The smallest absolute Gasteiger partial charge is 0.286 e. The molecule has 134 valence electrons. The Balaban J connectivity index is 1.77.